The maximum Gasteiger partial charge on any atom is 0.195 e. The van der Waals surface area contributed by atoms with Crippen molar-refractivity contribution in [2.24, 2.45) is 0 Å². The molecule has 0 aliphatic rings. The van der Waals surface area contributed by atoms with E-state index in [1.165, 1.54) is 5.56 Å². The van der Waals surface area contributed by atoms with Gasteiger partial charge in [-0.2, -0.15) is 0 Å². The monoisotopic (exact) mass is 280 g/mol. The van der Waals surface area contributed by atoms with Gasteiger partial charge >= 0.3 is 0 Å². The van der Waals surface area contributed by atoms with Crippen molar-refractivity contribution in [1.29, 1.82) is 0 Å². The molecule has 3 heteroatoms. The minimum atomic E-state index is 0.0855. The third-order valence-electron chi connectivity index (χ3n) is 3.66. The second-order valence-electron chi connectivity index (χ2n) is 5.01. The van der Waals surface area contributed by atoms with Crippen molar-refractivity contribution in [3.8, 4) is 33.8 Å². The Morgan fingerprint density at radius 1 is 0.857 bits per heavy atom. The van der Waals surface area contributed by atoms with Crippen molar-refractivity contribution in [2.45, 2.75) is 6.92 Å². The first-order chi connectivity index (χ1) is 10.2. The van der Waals surface area contributed by atoms with Gasteiger partial charge in [0.25, 0.3) is 0 Å². The third kappa shape index (κ3) is 2.31. The zero-order valence-electron chi connectivity index (χ0n) is 12.3. The molecule has 3 nitrogen and oxygen atoms in total. The molecule has 0 saturated carbocycles. The first kappa shape index (κ1) is 13.4. The van der Waals surface area contributed by atoms with Gasteiger partial charge < -0.3 is 9.47 Å². The molecular weight excluding hydrogens is 264 g/mol. The van der Waals surface area contributed by atoms with Crippen LogP contribution in [0.15, 0.2) is 47.3 Å². The maximum absolute atomic E-state index is 12.2. The number of rotatable bonds is 4. The number of hydrogen-bond donors (Lipinski definition) is 0. The summed E-state index contributed by atoms with van der Waals surface area (Å²) in [6.07, 6.45) is 0. The summed E-state index contributed by atoms with van der Waals surface area (Å²) in [5.41, 5.74) is 4.55. The average Bonchev–Trinajstić information content (AvgIpc) is 3.18. The van der Waals surface area contributed by atoms with E-state index in [0.717, 1.165) is 22.3 Å². The molecule has 3 aromatic rings. The molecule has 0 fully saturated rings. The topological polar surface area (TPSA) is 35.5 Å². The predicted octanol–water partition coefficient (Wildman–Crippen LogP) is 3.58. The van der Waals surface area contributed by atoms with Crippen LogP contribution in [0.3, 0.4) is 0 Å². The highest BCUT2D eigenvalue weighted by Crippen LogP contribution is 2.40. The van der Waals surface area contributed by atoms with E-state index in [1.807, 2.05) is 43.3 Å². The summed E-state index contributed by atoms with van der Waals surface area (Å²) >= 11 is 0. The van der Waals surface area contributed by atoms with Crippen LogP contribution in [-0.4, -0.2) is 14.2 Å². The molecule has 3 aromatic carbocycles. The molecule has 0 saturated heterocycles. The number of hydrogen-bond acceptors (Lipinski definition) is 3. The highest BCUT2D eigenvalue weighted by molar-refractivity contribution is 5.96. The summed E-state index contributed by atoms with van der Waals surface area (Å²) in [6.45, 7) is 2.03. The van der Waals surface area contributed by atoms with E-state index in [4.69, 9.17) is 9.47 Å². The van der Waals surface area contributed by atoms with E-state index in [2.05, 4.69) is 0 Å². The second-order valence-corrected chi connectivity index (χ2v) is 5.01. The zero-order valence-corrected chi connectivity index (χ0v) is 12.3. The summed E-state index contributed by atoms with van der Waals surface area (Å²) in [6, 6.07) is 13.5. The van der Waals surface area contributed by atoms with Crippen LogP contribution in [0, 0.1) is 6.92 Å². The van der Waals surface area contributed by atoms with Gasteiger partial charge in [-0.3, -0.25) is 4.79 Å². The predicted molar refractivity (Wildman–Crippen MR) is 83.8 cm³/mol. The summed E-state index contributed by atoms with van der Waals surface area (Å²) in [5, 5.41) is 0. The van der Waals surface area contributed by atoms with Gasteiger partial charge in [-0.15, -0.1) is 0 Å². The molecule has 0 N–H and O–H groups in total. The third-order valence-corrected chi connectivity index (χ3v) is 3.66. The van der Waals surface area contributed by atoms with Crippen molar-refractivity contribution < 1.29 is 9.47 Å². The summed E-state index contributed by atoms with van der Waals surface area (Å²) in [5.74, 6) is 1.36. The lowest BCUT2D eigenvalue weighted by molar-refractivity contribution is 0.395. The average molecular weight is 280 g/mol. The Bertz CT molecular complexity index is 790. The molecule has 0 aromatic heterocycles. The van der Waals surface area contributed by atoms with E-state index in [1.54, 1.807) is 20.3 Å². The molecule has 0 atom stereocenters. The van der Waals surface area contributed by atoms with E-state index in [0.29, 0.717) is 11.5 Å². The van der Waals surface area contributed by atoms with Crippen molar-refractivity contribution in [3.05, 3.63) is 58.3 Å². The van der Waals surface area contributed by atoms with E-state index >= 15 is 0 Å². The fourth-order valence-corrected chi connectivity index (χ4v) is 2.43. The lowest BCUT2D eigenvalue weighted by Crippen LogP contribution is -1.89. The van der Waals surface area contributed by atoms with Gasteiger partial charge in [-0.05, 0) is 24.6 Å². The molecule has 106 valence electrons. The number of ether oxygens (including phenoxy) is 2. The minimum Gasteiger partial charge on any atom is -0.497 e. The van der Waals surface area contributed by atoms with Crippen LogP contribution in [0.4, 0.5) is 0 Å². The van der Waals surface area contributed by atoms with Crippen molar-refractivity contribution in [2.75, 3.05) is 14.2 Å². The molecule has 0 heterocycles. The molecule has 3 rings (SSSR count). The highest BCUT2D eigenvalue weighted by Gasteiger charge is 2.27. The number of aryl methyl sites for hydroxylation is 1. The Labute approximate surface area is 123 Å². The van der Waals surface area contributed by atoms with Crippen LogP contribution in [0.1, 0.15) is 5.56 Å². The molecular formula is C18H16O3. The molecule has 0 spiro atoms. The van der Waals surface area contributed by atoms with Gasteiger partial charge in [0, 0.05) is 22.8 Å². The van der Waals surface area contributed by atoms with Crippen LogP contribution in [0.25, 0.3) is 22.3 Å². The smallest absolute Gasteiger partial charge is 0.195 e. The molecule has 0 unspecified atom stereocenters. The molecule has 0 aliphatic carbocycles. The van der Waals surface area contributed by atoms with Gasteiger partial charge in [0.2, 0.25) is 0 Å². The molecule has 0 bridgehead atoms. The Morgan fingerprint density at radius 3 is 2.19 bits per heavy atom. The Balaban J connectivity index is 2.04. The van der Waals surface area contributed by atoms with Crippen molar-refractivity contribution in [1.82, 2.24) is 0 Å². The first-order valence-corrected chi connectivity index (χ1v) is 6.74. The lowest BCUT2D eigenvalue weighted by atomic mass is 10.1. The lowest BCUT2D eigenvalue weighted by Gasteiger charge is -2.07. The van der Waals surface area contributed by atoms with Crippen LogP contribution >= 0.6 is 0 Å². The SMILES string of the molecule is COc1ccc(-c2c(-c3ccc(C)cc3)c2=O)c(OC)c1. The van der Waals surface area contributed by atoms with Gasteiger partial charge in [0.1, 0.15) is 11.5 Å². The summed E-state index contributed by atoms with van der Waals surface area (Å²) in [4.78, 5) is 12.2. The standard InChI is InChI=1S/C18H16O3/c1-11-4-6-12(7-5-11)16-17(18(16)19)14-9-8-13(20-2)10-15(14)21-3/h4-10H,1-3H3. The number of benzene rings is 2. The van der Waals surface area contributed by atoms with E-state index in [9.17, 15) is 4.79 Å². The normalized spacial score (nSPS) is 10.8. The summed E-state index contributed by atoms with van der Waals surface area (Å²) < 4.78 is 10.6. The van der Waals surface area contributed by atoms with Gasteiger partial charge in [0.05, 0.1) is 14.2 Å². The van der Waals surface area contributed by atoms with Crippen LogP contribution < -0.4 is 14.9 Å². The van der Waals surface area contributed by atoms with E-state index in [-0.39, 0.29) is 5.43 Å². The second kappa shape index (κ2) is 5.09. The molecule has 21 heavy (non-hydrogen) atoms. The molecule has 0 amide bonds. The van der Waals surface area contributed by atoms with Crippen LogP contribution in [0.2, 0.25) is 0 Å². The summed E-state index contributed by atoms with van der Waals surface area (Å²) in [7, 11) is 3.20. The maximum atomic E-state index is 12.2. The first-order valence-electron chi connectivity index (χ1n) is 6.74. The zero-order chi connectivity index (χ0) is 15.0. The highest BCUT2D eigenvalue weighted by atomic mass is 16.5. The largest absolute Gasteiger partial charge is 0.497 e. The van der Waals surface area contributed by atoms with Gasteiger partial charge in [0.15, 0.2) is 5.43 Å². The van der Waals surface area contributed by atoms with Crippen LogP contribution in [0.5, 0.6) is 11.5 Å². The van der Waals surface area contributed by atoms with Gasteiger partial charge in [-0.25, -0.2) is 0 Å². The Kier molecular flexibility index (Phi) is 3.26. The quantitative estimate of drug-likeness (QED) is 0.732. The van der Waals surface area contributed by atoms with Crippen molar-refractivity contribution >= 4 is 0 Å². The van der Waals surface area contributed by atoms with Gasteiger partial charge in [-0.1, -0.05) is 29.8 Å². The van der Waals surface area contributed by atoms with Crippen LogP contribution in [-0.2, 0) is 0 Å². The minimum absolute atomic E-state index is 0.0855. The Morgan fingerprint density at radius 2 is 1.57 bits per heavy atom. The van der Waals surface area contributed by atoms with Crippen molar-refractivity contribution in [3.63, 3.8) is 0 Å². The fourth-order valence-electron chi connectivity index (χ4n) is 2.43. The molecule has 0 radical (unpaired) electrons. The molecule has 0 aliphatic heterocycles. The Hall–Kier alpha value is -2.55. The fraction of sp³-hybridized carbons (Fsp3) is 0.167. The number of methoxy groups -OCH3 is 2. The van der Waals surface area contributed by atoms with E-state index < -0.39 is 0 Å².